The van der Waals surface area contributed by atoms with Crippen LogP contribution < -0.4 is 0 Å². The Morgan fingerprint density at radius 2 is 1.84 bits per heavy atom. The van der Waals surface area contributed by atoms with Crippen molar-refractivity contribution >= 4 is 17.4 Å². The quantitative estimate of drug-likeness (QED) is 0.595. The first-order chi connectivity index (χ1) is 12.0. The van der Waals surface area contributed by atoms with Crippen molar-refractivity contribution in [2.24, 2.45) is 11.8 Å². The molecule has 0 saturated heterocycles. The van der Waals surface area contributed by atoms with Gasteiger partial charge in [-0.05, 0) is 92.3 Å². The van der Waals surface area contributed by atoms with Crippen LogP contribution in [0.15, 0.2) is 42.6 Å². The third-order valence-electron chi connectivity index (χ3n) is 5.64. The second kappa shape index (κ2) is 8.14. The second-order valence-electron chi connectivity index (χ2n) is 7.45. The van der Waals surface area contributed by atoms with Crippen LogP contribution in [0, 0.1) is 18.8 Å². The van der Waals surface area contributed by atoms with Gasteiger partial charge in [0.2, 0.25) is 0 Å². The molecule has 0 aliphatic heterocycles. The number of benzene rings is 1. The number of pyridine rings is 1. The maximum Gasteiger partial charge on any atom is 0.163 e. The van der Waals surface area contributed by atoms with Crippen molar-refractivity contribution in [3.05, 3.63) is 64.4 Å². The van der Waals surface area contributed by atoms with Gasteiger partial charge in [0.15, 0.2) is 5.78 Å². The summed E-state index contributed by atoms with van der Waals surface area (Å²) < 4.78 is 0. The predicted octanol–water partition coefficient (Wildman–Crippen LogP) is 6.23. The van der Waals surface area contributed by atoms with E-state index >= 15 is 0 Å². The molecular formula is C22H26ClNO. The maximum atomic E-state index is 12.5. The van der Waals surface area contributed by atoms with Crippen LogP contribution in [0.3, 0.4) is 0 Å². The van der Waals surface area contributed by atoms with Gasteiger partial charge in [-0.1, -0.05) is 18.5 Å². The SMILES string of the molecule is Cc1cc(C2CCC(C(C)CC(=O)c3ccc(Cl)cc3)CC2)ccn1. The fourth-order valence-corrected chi connectivity index (χ4v) is 4.18. The molecule has 0 amide bonds. The Hall–Kier alpha value is -1.67. The normalized spacial score (nSPS) is 21.7. The number of hydrogen-bond acceptors (Lipinski definition) is 2. The fourth-order valence-electron chi connectivity index (χ4n) is 4.06. The van der Waals surface area contributed by atoms with Crippen LogP contribution in [0.25, 0.3) is 0 Å². The van der Waals surface area contributed by atoms with E-state index < -0.39 is 0 Å². The summed E-state index contributed by atoms with van der Waals surface area (Å²) in [5.74, 6) is 1.96. The molecule has 1 aromatic carbocycles. The van der Waals surface area contributed by atoms with Gasteiger partial charge in [0.25, 0.3) is 0 Å². The highest BCUT2D eigenvalue weighted by Crippen LogP contribution is 2.39. The first-order valence-corrected chi connectivity index (χ1v) is 9.62. The van der Waals surface area contributed by atoms with Crippen LogP contribution in [0.5, 0.6) is 0 Å². The van der Waals surface area contributed by atoms with Gasteiger partial charge in [-0.25, -0.2) is 0 Å². The van der Waals surface area contributed by atoms with E-state index in [1.165, 1.54) is 31.2 Å². The summed E-state index contributed by atoms with van der Waals surface area (Å²) in [6.07, 6.45) is 7.40. The molecule has 0 spiro atoms. The monoisotopic (exact) mass is 355 g/mol. The Bertz CT molecular complexity index is 717. The summed E-state index contributed by atoms with van der Waals surface area (Å²) in [5, 5.41) is 0.675. The van der Waals surface area contributed by atoms with Gasteiger partial charge in [0.05, 0.1) is 0 Å². The summed E-state index contributed by atoms with van der Waals surface area (Å²) in [5.41, 5.74) is 3.30. The van der Waals surface area contributed by atoms with Crippen LogP contribution in [-0.2, 0) is 0 Å². The zero-order chi connectivity index (χ0) is 17.8. The smallest absolute Gasteiger partial charge is 0.163 e. The van der Waals surface area contributed by atoms with Gasteiger partial charge in [-0.3, -0.25) is 9.78 Å². The Balaban J connectivity index is 1.53. The molecule has 0 N–H and O–H groups in total. The second-order valence-corrected chi connectivity index (χ2v) is 7.89. The average molecular weight is 356 g/mol. The van der Waals surface area contributed by atoms with Gasteiger partial charge < -0.3 is 0 Å². The highest BCUT2D eigenvalue weighted by atomic mass is 35.5. The summed E-state index contributed by atoms with van der Waals surface area (Å²) in [6.45, 7) is 4.29. The molecule has 25 heavy (non-hydrogen) atoms. The van der Waals surface area contributed by atoms with Crippen molar-refractivity contribution < 1.29 is 4.79 Å². The molecule has 1 aliphatic carbocycles. The van der Waals surface area contributed by atoms with Crippen molar-refractivity contribution in [1.82, 2.24) is 4.98 Å². The number of carbonyl (C=O) groups excluding carboxylic acids is 1. The number of hydrogen-bond donors (Lipinski definition) is 0. The predicted molar refractivity (Wildman–Crippen MR) is 103 cm³/mol. The lowest BCUT2D eigenvalue weighted by Crippen LogP contribution is -2.21. The molecule has 1 atom stereocenters. The van der Waals surface area contributed by atoms with E-state index in [2.05, 4.69) is 31.0 Å². The van der Waals surface area contributed by atoms with Gasteiger partial charge in [0, 0.05) is 28.9 Å². The first kappa shape index (κ1) is 18.1. The van der Waals surface area contributed by atoms with E-state index in [1.807, 2.05) is 18.3 Å². The van der Waals surface area contributed by atoms with Crippen LogP contribution in [0.1, 0.15) is 66.6 Å². The summed E-state index contributed by atoms with van der Waals surface area (Å²) in [7, 11) is 0. The minimum atomic E-state index is 0.232. The molecule has 1 aromatic heterocycles. The maximum absolute atomic E-state index is 12.5. The fraction of sp³-hybridized carbons (Fsp3) is 0.455. The third kappa shape index (κ3) is 4.70. The highest BCUT2D eigenvalue weighted by molar-refractivity contribution is 6.30. The molecule has 1 aliphatic rings. The Morgan fingerprint density at radius 3 is 2.48 bits per heavy atom. The third-order valence-corrected chi connectivity index (χ3v) is 5.89. The van der Waals surface area contributed by atoms with Gasteiger partial charge in [-0.15, -0.1) is 0 Å². The molecule has 1 saturated carbocycles. The van der Waals surface area contributed by atoms with Crippen molar-refractivity contribution in [3.8, 4) is 0 Å². The van der Waals surface area contributed by atoms with E-state index in [9.17, 15) is 4.79 Å². The molecule has 0 radical (unpaired) electrons. The number of aromatic nitrogens is 1. The van der Waals surface area contributed by atoms with E-state index in [1.54, 1.807) is 12.1 Å². The van der Waals surface area contributed by atoms with Crippen molar-refractivity contribution in [1.29, 1.82) is 0 Å². The lowest BCUT2D eigenvalue weighted by Gasteiger charge is -2.32. The highest BCUT2D eigenvalue weighted by Gasteiger charge is 2.27. The zero-order valence-electron chi connectivity index (χ0n) is 15.0. The van der Waals surface area contributed by atoms with E-state index in [-0.39, 0.29) is 5.78 Å². The van der Waals surface area contributed by atoms with Crippen LogP contribution >= 0.6 is 11.6 Å². The minimum Gasteiger partial charge on any atom is -0.294 e. The van der Waals surface area contributed by atoms with Crippen LogP contribution in [0.4, 0.5) is 0 Å². The minimum absolute atomic E-state index is 0.232. The number of carbonyl (C=O) groups is 1. The van der Waals surface area contributed by atoms with Crippen molar-refractivity contribution in [2.45, 2.75) is 51.9 Å². The molecule has 0 bridgehead atoms. The van der Waals surface area contributed by atoms with E-state index in [0.29, 0.717) is 29.2 Å². The topological polar surface area (TPSA) is 30.0 Å². The number of ketones is 1. The molecule has 1 unspecified atom stereocenters. The largest absolute Gasteiger partial charge is 0.294 e. The first-order valence-electron chi connectivity index (χ1n) is 9.24. The number of halogens is 1. The molecular weight excluding hydrogens is 330 g/mol. The zero-order valence-corrected chi connectivity index (χ0v) is 15.8. The van der Waals surface area contributed by atoms with Crippen LogP contribution in [-0.4, -0.2) is 10.8 Å². The van der Waals surface area contributed by atoms with Gasteiger partial charge in [0.1, 0.15) is 0 Å². The van der Waals surface area contributed by atoms with Gasteiger partial charge in [-0.2, -0.15) is 0 Å². The molecule has 3 heteroatoms. The summed E-state index contributed by atoms with van der Waals surface area (Å²) in [6, 6.07) is 11.6. The molecule has 132 valence electrons. The van der Waals surface area contributed by atoms with E-state index in [4.69, 9.17) is 11.6 Å². The molecule has 2 aromatic rings. The molecule has 2 nitrogen and oxygen atoms in total. The summed E-state index contributed by atoms with van der Waals surface area (Å²) in [4.78, 5) is 16.8. The number of aryl methyl sites for hydroxylation is 1. The Kier molecular flexibility index (Phi) is 5.90. The molecule has 3 rings (SSSR count). The lowest BCUT2D eigenvalue weighted by molar-refractivity contribution is 0.0937. The number of nitrogens with zero attached hydrogens (tertiary/aromatic N) is 1. The van der Waals surface area contributed by atoms with Crippen LogP contribution in [0.2, 0.25) is 5.02 Å². The van der Waals surface area contributed by atoms with Crippen molar-refractivity contribution in [3.63, 3.8) is 0 Å². The van der Waals surface area contributed by atoms with E-state index in [0.717, 1.165) is 11.3 Å². The van der Waals surface area contributed by atoms with Gasteiger partial charge >= 0.3 is 0 Å². The Labute approximate surface area is 155 Å². The standard InChI is InChI=1S/C22H26ClNO/c1-15(13-22(25)19-7-9-21(23)10-8-19)17-3-5-18(6-4-17)20-11-12-24-16(2)14-20/h7-12,14-15,17-18H,3-6,13H2,1-2H3. The molecule has 1 heterocycles. The number of Topliss-reactive ketones (excluding diaryl/α,β-unsaturated/α-hetero) is 1. The summed E-state index contributed by atoms with van der Waals surface area (Å²) >= 11 is 5.90. The Morgan fingerprint density at radius 1 is 1.16 bits per heavy atom. The average Bonchev–Trinajstić information content (AvgIpc) is 2.62. The molecule has 1 fully saturated rings. The number of rotatable bonds is 5. The van der Waals surface area contributed by atoms with Crippen molar-refractivity contribution in [2.75, 3.05) is 0 Å². The lowest BCUT2D eigenvalue weighted by atomic mass is 9.73.